The van der Waals surface area contributed by atoms with Gasteiger partial charge >= 0.3 is 0 Å². The molecule has 0 radical (unpaired) electrons. The molecular weight excluding hydrogens is 261 g/mol. The smallest absolute Gasteiger partial charge is 0.126 e. The summed E-state index contributed by atoms with van der Waals surface area (Å²) in [6.45, 7) is 6.04. The van der Waals surface area contributed by atoms with Gasteiger partial charge in [-0.3, -0.25) is 0 Å². The highest BCUT2D eigenvalue weighted by Crippen LogP contribution is 2.26. The van der Waals surface area contributed by atoms with Crippen LogP contribution in [0.5, 0.6) is 0 Å². The van der Waals surface area contributed by atoms with Gasteiger partial charge in [-0.1, -0.05) is 70.4 Å². The van der Waals surface area contributed by atoms with E-state index in [1.807, 2.05) is 19.1 Å². The number of unbranched alkanes of at least 4 members (excludes halogenated alkanes) is 7. The Balaban J connectivity index is 2.28. The molecule has 0 aromatic heterocycles. The van der Waals surface area contributed by atoms with Gasteiger partial charge in [-0.05, 0) is 37.5 Å². The van der Waals surface area contributed by atoms with Crippen molar-refractivity contribution >= 4 is 0 Å². The lowest BCUT2D eigenvalue weighted by Gasteiger charge is -2.25. The van der Waals surface area contributed by atoms with Crippen LogP contribution >= 0.6 is 0 Å². The van der Waals surface area contributed by atoms with Gasteiger partial charge in [-0.2, -0.15) is 0 Å². The molecule has 1 unspecified atom stereocenters. The van der Waals surface area contributed by atoms with Crippen LogP contribution in [0.1, 0.15) is 82.8 Å². The maximum Gasteiger partial charge on any atom is 0.126 e. The lowest BCUT2D eigenvalue weighted by Crippen LogP contribution is -2.33. The van der Waals surface area contributed by atoms with Gasteiger partial charge in [0.05, 0.1) is 0 Å². The molecule has 0 amide bonds. The summed E-state index contributed by atoms with van der Waals surface area (Å²) in [4.78, 5) is 0. The van der Waals surface area contributed by atoms with Crippen LogP contribution in [0.3, 0.4) is 0 Å². The second kappa shape index (κ2) is 9.19. The Morgan fingerprint density at radius 2 is 1.57 bits per heavy atom. The zero-order valence-electron chi connectivity index (χ0n) is 14.1. The number of halogens is 1. The number of aryl methyl sites for hydroxylation is 1. The molecule has 1 atom stereocenters. The highest BCUT2D eigenvalue weighted by atomic mass is 19.1. The molecule has 0 saturated carbocycles. The van der Waals surface area contributed by atoms with Crippen molar-refractivity contribution in [3.8, 4) is 0 Å². The average Bonchev–Trinajstić information content (AvgIpc) is 2.44. The van der Waals surface area contributed by atoms with Crippen molar-refractivity contribution in [2.75, 3.05) is 0 Å². The summed E-state index contributed by atoms with van der Waals surface area (Å²) in [6.07, 6.45) is 11.3. The van der Waals surface area contributed by atoms with Gasteiger partial charge in [-0.25, -0.2) is 4.39 Å². The minimum absolute atomic E-state index is 0.153. The van der Waals surface area contributed by atoms with E-state index in [1.165, 1.54) is 44.9 Å². The van der Waals surface area contributed by atoms with Crippen LogP contribution in [0.25, 0.3) is 0 Å². The van der Waals surface area contributed by atoms with Gasteiger partial charge < -0.3 is 5.73 Å². The van der Waals surface area contributed by atoms with E-state index in [0.717, 1.165) is 18.4 Å². The van der Waals surface area contributed by atoms with Gasteiger partial charge in [0.15, 0.2) is 0 Å². The van der Waals surface area contributed by atoms with E-state index < -0.39 is 5.54 Å². The third-order valence-corrected chi connectivity index (χ3v) is 4.38. The zero-order valence-corrected chi connectivity index (χ0v) is 14.1. The highest BCUT2D eigenvalue weighted by molar-refractivity contribution is 5.28. The van der Waals surface area contributed by atoms with E-state index in [4.69, 9.17) is 5.73 Å². The largest absolute Gasteiger partial charge is 0.322 e. The van der Waals surface area contributed by atoms with E-state index in [0.29, 0.717) is 5.56 Å². The molecule has 1 nitrogen and oxygen atoms in total. The van der Waals surface area contributed by atoms with Crippen molar-refractivity contribution in [3.63, 3.8) is 0 Å². The molecule has 21 heavy (non-hydrogen) atoms. The van der Waals surface area contributed by atoms with E-state index in [9.17, 15) is 4.39 Å². The molecule has 2 heteroatoms. The molecule has 120 valence electrons. The van der Waals surface area contributed by atoms with Gasteiger partial charge in [0.25, 0.3) is 0 Å². The zero-order chi connectivity index (χ0) is 15.7. The van der Waals surface area contributed by atoms with E-state index >= 15 is 0 Å². The number of hydrogen-bond acceptors (Lipinski definition) is 1. The lowest BCUT2D eigenvalue weighted by atomic mass is 9.87. The minimum atomic E-state index is -0.420. The number of benzene rings is 1. The van der Waals surface area contributed by atoms with Crippen molar-refractivity contribution in [1.82, 2.24) is 0 Å². The maximum absolute atomic E-state index is 13.6. The Kier molecular flexibility index (Phi) is 7.95. The molecule has 1 aromatic rings. The maximum atomic E-state index is 13.6. The van der Waals surface area contributed by atoms with Gasteiger partial charge in [0.2, 0.25) is 0 Å². The first-order chi connectivity index (χ1) is 9.97. The van der Waals surface area contributed by atoms with Crippen LogP contribution in [-0.4, -0.2) is 0 Å². The predicted molar refractivity (Wildman–Crippen MR) is 89.9 cm³/mol. The fourth-order valence-corrected chi connectivity index (χ4v) is 2.72. The summed E-state index contributed by atoms with van der Waals surface area (Å²) in [7, 11) is 0. The standard InChI is InChI=1S/C19H32FN/c1-4-5-6-7-8-9-10-11-14-19(3,21)17-13-12-16(2)18(20)15-17/h12-13,15H,4-11,14,21H2,1-3H3. The topological polar surface area (TPSA) is 26.0 Å². The molecule has 1 rings (SSSR count). The molecular formula is C19H32FN. The van der Waals surface area contributed by atoms with Crippen LogP contribution in [0.4, 0.5) is 4.39 Å². The predicted octanol–water partition coefficient (Wildman–Crippen LogP) is 5.84. The Bertz CT molecular complexity index is 412. The Morgan fingerprint density at radius 1 is 1.00 bits per heavy atom. The summed E-state index contributed by atoms with van der Waals surface area (Å²) < 4.78 is 13.6. The van der Waals surface area contributed by atoms with Crippen molar-refractivity contribution in [2.24, 2.45) is 5.73 Å². The first-order valence-corrected chi connectivity index (χ1v) is 8.53. The molecule has 1 aromatic carbocycles. The fraction of sp³-hybridized carbons (Fsp3) is 0.684. The molecule has 0 spiro atoms. The van der Waals surface area contributed by atoms with Gasteiger partial charge in [-0.15, -0.1) is 0 Å². The molecule has 0 aliphatic carbocycles. The fourth-order valence-electron chi connectivity index (χ4n) is 2.72. The normalized spacial score (nSPS) is 14.1. The lowest BCUT2D eigenvalue weighted by molar-refractivity contribution is 0.418. The SMILES string of the molecule is CCCCCCCCCCC(C)(N)c1ccc(C)c(F)c1. The van der Waals surface area contributed by atoms with Crippen LogP contribution in [0, 0.1) is 12.7 Å². The van der Waals surface area contributed by atoms with Crippen molar-refractivity contribution in [2.45, 2.75) is 84.1 Å². The summed E-state index contributed by atoms with van der Waals surface area (Å²) in [6, 6.07) is 5.38. The molecule has 0 aliphatic rings. The van der Waals surface area contributed by atoms with Crippen LogP contribution < -0.4 is 5.73 Å². The molecule has 0 heterocycles. The summed E-state index contributed by atoms with van der Waals surface area (Å²) >= 11 is 0. The summed E-state index contributed by atoms with van der Waals surface area (Å²) in [5.41, 5.74) is 7.54. The van der Waals surface area contributed by atoms with E-state index in [1.54, 1.807) is 13.0 Å². The molecule has 0 bridgehead atoms. The first-order valence-electron chi connectivity index (χ1n) is 8.53. The monoisotopic (exact) mass is 293 g/mol. The highest BCUT2D eigenvalue weighted by Gasteiger charge is 2.21. The molecule has 0 saturated heterocycles. The Labute approximate surface area is 130 Å². The Morgan fingerprint density at radius 3 is 2.14 bits per heavy atom. The second-order valence-electron chi connectivity index (χ2n) is 6.61. The van der Waals surface area contributed by atoms with Crippen molar-refractivity contribution < 1.29 is 4.39 Å². The summed E-state index contributed by atoms with van der Waals surface area (Å²) in [5.74, 6) is -0.153. The quantitative estimate of drug-likeness (QED) is 0.539. The van der Waals surface area contributed by atoms with E-state index in [2.05, 4.69) is 6.92 Å². The van der Waals surface area contributed by atoms with E-state index in [-0.39, 0.29) is 5.82 Å². The van der Waals surface area contributed by atoms with Crippen LogP contribution in [0.15, 0.2) is 18.2 Å². The number of rotatable bonds is 10. The third kappa shape index (κ3) is 6.60. The minimum Gasteiger partial charge on any atom is -0.322 e. The Hall–Kier alpha value is -0.890. The van der Waals surface area contributed by atoms with Gasteiger partial charge in [0, 0.05) is 5.54 Å². The molecule has 2 N–H and O–H groups in total. The first kappa shape index (κ1) is 18.2. The molecule has 0 aliphatic heterocycles. The van der Waals surface area contributed by atoms with Gasteiger partial charge in [0.1, 0.15) is 5.82 Å². The molecule has 0 fully saturated rings. The number of nitrogens with two attached hydrogens (primary N) is 1. The van der Waals surface area contributed by atoms with Crippen molar-refractivity contribution in [1.29, 1.82) is 0 Å². The summed E-state index contributed by atoms with van der Waals surface area (Å²) in [5, 5.41) is 0. The van der Waals surface area contributed by atoms with Crippen molar-refractivity contribution in [3.05, 3.63) is 35.1 Å². The average molecular weight is 293 g/mol. The third-order valence-electron chi connectivity index (χ3n) is 4.38. The van der Waals surface area contributed by atoms with Crippen LogP contribution in [0.2, 0.25) is 0 Å². The second-order valence-corrected chi connectivity index (χ2v) is 6.61. The van der Waals surface area contributed by atoms with Crippen LogP contribution in [-0.2, 0) is 5.54 Å². The number of hydrogen-bond donors (Lipinski definition) is 1.